The van der Waals surface area contributed by atoms with Crippen LogP contribution in [0.2, 0.25) is 0 Å². The van der Waals surface area contributed by atoms with E-state index in [1.807, 2.05) is 36.4 Å². The summed E-state index contributed by atoms with van der Waals surface area (Å²) in [7, 11) is 2.05. The number of hydrogen-bond acceptors (Lipinski definition) is 6. The van der Waals surface area contributed by atoms with Crippen molar-refractivity contribution in [2.45, 2.75) is 4.34 Å². The number of rotatable bonds is 4. The highest BCUT2D eigenvalue weighted by atomic mass is 32.2. The summed E-state index contributed by atoms with van der Waals surface area (Å²) in [6.07, 6.45) is 1.99. The molecular weight excluding hydrogens is 404 g/mol. The molecule has 4 rings (SSSR count). The molecule has 0 radical (unpaired) electrons. The molecule has 8 heteroatoms. The molecule has 0 aliphatic carbocycles. The molecule has 150 valence electrons. The molecule has 0 saturated carbocycles. The quantitative estimate of drug-likeness (QED) is 0.645. The number of carbonyl (C=O) groups is 2. The predicted molar refractivity (Wildman–Crippen MR) is 119 cm³/mol. The van der Waals surface area contributed by atoms with Crippen molar-refractivity contribution in [2.75, 3.05) is 44.8 Å². The lowest BCUT2D eigenvalue weighted by Gasteiger charge is -2.32. The van der Waals surface area contributed by atoms with Crippen LogP contribution in [-0.4, -0.2) is 66.1 Å². The Morgan fingerprint density at radius 1 is 1.07 bits per heavy atom. The predicted octanol–water partition coefficient (Wildman–Crippen LogP) is 3.66. The minimum Gasteiger partial charge on any atom is -0.336 e. The number of aromatic nitrogens is 1. The summed E-state index contributed by atoms with van der Waals surface area (Å²) in [4.78, 5) is 34.5. The van der Waals surface area contributed by atoms with Gasteiger partial charge in [0.15, 0.2) is 4.34 Å². The third-order valence-corrected chi connectivity index (χ3v) is 7.00. The van der Waals surface area contributed by atoms with E-state index in [9.17, 15) is 9.59 Å². The van der Waals surface area contributed by atoms with Gasteiger partial charge in [-0.05, 0) is 43.6 Å². The zero-order valence-corrected chi connectivity index (χ0v) is 18.0. The van der Waals surface area contributed by atoms with Crippen molar-refractivity contribution in [3.05, 3.63) is 53.6 Å². The van der Waals surface area contributed by atoms with E-state index in [2.05, 4.69) is 15.2 Å². The van der Waals surface area contributed by atoms with Crippen molar-refractivity contribution >= 4 is 50.8 Å². The number of nitrogens with one attached hydrogen (secondary N) is 1. The zero-order valence-electron chi connectivity index (χ0n) is 16.3. The molecule has 0 spiro atoms. The Morgan fingerprint density at radius 3 is 2.52 bits per heavy atom. The van der Waals surface area contributed by atoms with E-state index in [4.69, 9.17) is 0 Å². The van der Waals surface area contributed by atoms with Gasteiger partial charge in [0.1, 0.15) is 0 Å². The van der Waals surface area contributed by atoms with Gasteiger partial charge in [0.2, 0.25) is 0 Å². The number of likely N-dealkylation sites (N-methyl/N-ethyl adjacent to an activating group) is 1. The standard InChI is InChI=1S/C21H22N4O2S2/c1-24-9-11-25(12-10-24)20(27)16-6-4-3-5-15(16)19(26)22-14-7-8-17-18(13-14)29-21(23-17)28-2/h3-8,13H,9-12H2,1-2H3,(H,22,26). The monoisotopic (exact) mass is 426 g/mol. The Kier molecular flexibility index (Phi) is 5.84. The molecule has 2 amide bonds. The zero-order chi connectivity index (χ0) is 20.4. The molecular formula is C21H22N4O2S2. The molecule has 1 fully saturated rings. The van der Waals surface area contributed by atoms with Crippen molar-refractivity contribution in [3.8, 4) is 0 Å². The Morgan fingerprint density at radius 2 is 1.79 bits per heavy atom. The molecule has 0 bridgehead atoms. The van der Waals surface area contributed by atoms with E-state index in [1.54, 1.807) is 47.4 Å². The van der Waals surface area contributed by atoms with Crippen molar-refractivity contribution in [1.82, 2.24) is 14.8 Å². The van der Waals surface area contributed by atoms with E-state index in [-0.39, 0.29) is 11.8 Å². The van der Waals surface area contributed by atoms with Gasteiger partial charge >= 0.3 is 0 Å². The Hall–Kier alpha value is -2.42. The first-order valence-electron chi connectivity index (χ1n) is 9.38. The molecule has 1 aromatic heterocycles. The highest BCUT2D eigenvalue weighted by Gasteiger charge is 2.24. The Balaban J connectivity index is 1.55. The van der Waals surface area contributed by atoms with Gasteiger partial charge in [-0.25, -0.2) is 4.98 Å². The molecule has 1 aliphatic rings. The van der Waals surface area contributed by atoms with E-state index in [1.165, 1.54) is 0 Å². The average Bonchev–Trinajstić information content (AvgIpc) is 3.16. The molecule has 2 heterocycles. The fourth-order valence-electron chi connectivity index (χ4n) is 3.31. The Bertz CT molecular complexity index is 1060. The summed E-state index contributed by atoms with van der Waals surface area (Å²) in [5, 5.41) is 2.94. The van der Waals surface area contributed by atoms with Crippen LogP contribution in [0.4, 0.5) is 5.69 Å². The topological polar surface area (TPSA) is 65.5 Å². The van der Waals surface area contributed by atoms with E-state index >= 15 is 0 Å². The van der Waals surface area contributed by atoms with Gasteiger partial charge in [-0.15, -0.1) is 11.3 Å². The molecule has 6 nitrogen and oxygen atoms in total. The van der Waals surface area contributed by atoms with Crippen LogP contribution < -0.4 is 5.32 Å². The first kappa shape index (κ1) is 19.9. The number of amides is 2. The maximum Gasteiger partial charge on any atom is 0.256 e. The van der Waals surface area contributed by atoms with Crippen LogP contribution in [-0.2, 0) is 0 Å². The lowest BCUT2D eigenvalue weighted by atomic mass is 10.0. The summed E-state index contributed by atoms with van der Waals surface area (Å²) in [6, 6.07) is 12.7. The van der Waals surface area contributed by atoms with Crippen molar-refractivity contribution < 1.29 is 9.59 Å². The number of benzene rings is 2. The number of fused-ring (bicyclic) bond motifs is 1. The highest BCUT2D eigenvalue weighted by Crippen LogP contribution is 2.30. The fraction of sp³-hybridized carbons (Fsp3) is 0.286. The first-order valence-corrected chi connectivity index (χ1v) is 11.4. The van der Waals surface area contributed by atoms with Gasteiger partial charge in [-0.3, -0.25) is 9.59 Å². The minimum atomic E-state index is -0.281. The van der Waals surface area contributed by atoms with Crippen LogP contribution in [0.1, 0.15) is 20.7 Å². The molecule has 0 atom stereocenters. The minimum absolute atomic E-state index is 0.0913. The van der Waals surface area contributed by atoms with Crippen LogP contribution in [0.3, 0.4) is 0 Å². The molecule has 1 N–H and O–H groups in total. The van der Waals surface area contributed by atoms with E-state index < -0.39 is 0 Å². The largest absolute Gasteiger partial charge is 0.336 e. The molecule has 0 unspecified atom stereocenters. The van der Waals surface area contributed by atoms with Crippen LogP contribution in [0, 0.1) is 0 Å². The SMILES string of the molecule is CSc1nc2ccc(NC(=O)c3ccccc3C(=O)N3CCN(C)CC3)cc2s1. The molecule has 3 aromatic rings. The number of anilines is 1. The van der Waals surface area contributed by atoms with Gasteiger partial charge in [0.25, 0.3) is 11.8 Å². The number of hydrogen-bond donors (Lipinski definition) is 1. The van der Waals surface area contributed by atoms with Gasteiger partial charge in [0, 0.05) is 31.9 Å². The Labute approximate surface area is 177 Å². The first-order chi connectivity index (χ1) is 14.0. The second kappa shape index (κ2) is 8.52. The molecule has 29 heavy (non-hydrogen) atoms. The second-order valence-electron chi connectivity index (χ2n) is 6.96. The summed E-state index contributed by atoms with van der Waals surface area (Å²) in [5.41, 5.74) is 2.45. The van der Waals surface area contributed by atoms with Crippen molar-refractivity contribution in [3.63, 3.8) is 0 Å². The highest BCUT2D eigenvalue weighted by molar-refractivity contribution is 8.00. The lowest BCUT2D eigenvalue weighted by Crippen LogP contribution is -2.47. The van der Waals surface area contributed by atoms with Gasteiger partial charge < -0.3 is 15.1 Å². The van der Waals surface area contributed by atoms with Crippen LogP contribution >= 0.6 is 23.1 Å². The summed E-state index contributed by atoms with van der Waals surface area (Å²) < 4.78 is 2.01. The number of piperazine rings is 1. The number of thiazole rings is 1. The third kappa shape index (κ3) is 4.29. The molecule has 1 saturated heterocycles. The molecule has 1 aliphatic heterocycles. The molecule has 2 aromatic carbocycles. The van der Waals surface area contributed by atoms with Crippen LogP contribution in [0.15, 0.2) is 46.8 Å². The number of thioether (sulfide) groups is 1. The third-order valence-electron chi connectivity index (χ3n) is 4.99. The van der Waals surface area contributed by atoms with Gasteiger partial charge in [-0.1, -0.05) is 23.9 Å². The smallest absolute Gasteiger partial charge is 0.256 e. The average molecular weight is 427 g/mol. The van der Waals surface area contributed by atoms with E-state index in [0.29, 0.717) is 29.9 Å². The summed E-state index contributed by atoms with van der Waals surface area (Å²) in [6.45, 7) is 3.02. The summed E-state index contributed by atoms with van der Waals surface area (Å²) in [5.74, 6) is -0.372. The van der Waals surface area contributed by atoms with Crippen molar-refractivity contribution in [1.29, 1.82) is 0 Å². The van der Waals surface area contributed by atoms with Crippen molar-refractivity contribution in [2.24, 2.45) is 0 Å². The fourth-order valence-corrected chi connectivity index (χ4v) is 4.84. The maximum absolute atomic E-state index is 13.0. The lowest BCUT2D eigenvalue weighted by molar-refractivity contribution is 0.0660. The van der Waals surface area contributed by atoms with Gasteiger partial charge in [0.05, 0.1) is 21.3 Å². The summed E-state index contributed by atoms with van der Waals surface area (Å²) >= 11 is 3.20. The van der Waals surface area contributed by atoms with Gasteiger partial charge in [-0.2, -0.15) is 0 Å². The number of carbonyl (C=O) groups excluding carboxylic acids is 2. The van der Waals surface area contributed by atoms with E-state index in [0.717, 1.165) is 27.6 Å². The second-order valence-corrected chi connectivity index (χ2v) is 9.05. The van der Waals surface area contributed by atoms with Crippen LogP contribution in [0.25, 0.3) is 10.2 Å². The van der Waals surface area contributed by atoms with Crippen LogP contribution in [0.5, 0.6) is 0 Å². The normalized spacial score (nSPS) is 14.9. The maximum atomic E-state index is 13.0. The number of nitrogens with zero attached hydrogens (tertiary/aromatic N) is 3.